The highest BCUT2D eigenvalue weighted by molar-refractivity contribution is 6.03. The average Bonchev–Trinajstić information content (AvgIpc) is 2.98. The molecular formula is C19H19FN2O2. The Kier molecular flexibility index (Phi) is 4.60. The lowest BCUT2D eigenvalue weighted by molar-refractivity contribution is -0.122. The molecule has 0 saturated carbocycles. The molecule has 1 atom stereocenters. The normalized spacial score (nSPS) is 17.2. The predicted molar refractivity (Wildman–Crippen MR) is 91.3 cm³/mol. The number of benzene rings is 2. The lowest BCUT2D eigenvalue weighted by atomic mass is 10.1. The summed E-state index contributed by atoms with van der Waals surface area (Å²) in [6, 6.07) is 13.7. The third-order valence-electron chi connectivity index (χ3n) is 4.29. The molecule has 124 valence electrons. The molecule has 0 bridgehead atoms. The van der Waals surface area contributed by atoms with Gasteiger partial charge in [-0.3, -0.25) is 9.59 Å². The highest BCUT2D eigenvalue weighted by atomic mass is 19.1. The van der Waals surface area contributed by atoms with Gasteiger partial charge in [-0.1, -0.05) is 37.3 Å². The van der Waals surface area contributed by atoms with Gasteiger partial charge in [0.2, 0.25) is 11.8 Å². The van der Waals surface area contributed by atoms with Crippen LogP contribution in [0.3, 0.4) is 0 Å². The molecule has 5 heteroatoms. The van der Waals surface area contributed by atoms with Gasteiger partial charge in [0.05, 0.1) is 11.6 Å². The lowest BCUT2D eigenvalue weighted by Gasteiger charge is -2.20. The van der Waals surface area contributed by atoms with Crippen molar-refractivity contribution in [1.82, 2.24) is 0 Å². The van der Waals surface area contributed by atoms with Gasteiger partial charge in [-0.05, 0) is 30.2 Å². The monoisotopic (exact) mass is 326 g/mol. The summed E-state index contributed by atoms with van der Waals surface area (Å²) in [6.45, 7) is 2.35. The topological polar surface area (TPSA) is 49.4 Å². The Bertz CT molecular complexity index is 775. The molecule has 1 fully saturated rings. The summed E-state index contributed by atoms with van der Waals surface area (Å²) in [5.41, 5.74) is 2.06. The molecule has 0 aromatic heterocycles. The summed E-state index contributed by atoms with van der Waals surface area (Å²) in [5.74, 6) is -1.38. The molecular weight excluding hydrogens is 307 g/mol. The Labute approximate surface area is 140 Å². The average molecular weight is 326 g/mol. The van der Waals surface area contributed by atoms with Gasteiger partial charge in [0, 0.05) is 18.7 Å². The number of carbonyl (C=O) groups excluding carboxylic acids is 2. The SMILES string of the molecule is CCc1ccccc1N1CC(C(=O)Nc2ccccc2F)CC1=O. The van der Waals surface area contributed by atoms with E-state index in [2.05, 4.69) is 5.32 Å². The molecule has 1 aliphatic rings. The molecule has 0 spiro atoms. The van der Waals surface area contributed by atoms with Crippen molar-refractivity contribution in [1.29, 1.82) is 0 Å². The van der Waals surface area contributed by atoms with Crippen LogP contribution >= 0.6 is 0 Å². The first-order valence-electron chi connectivity index (χ1n) is 8.03. The molecule has 2 aromatic carbocycles. The van der Waals surface area contributed by atoms with E-state index in [0.717, 1.165) is 17.7 Å². The maximum atomic E-state index is 13.7. The van der Waals surface area contributed by atoms with Gasteiger partial charge in [-0.2, -0.15) is 0 Å². The van der Waals surface area contributed by atoms with E-state index in [1.54, 1.807) is 17.0 Å². The minimum absolute atomic E-state index is 0.0791. The molecule has 4 nitrogen and oxygen atoms in total. The van der Waals surface area contributed by atoms with Gasteiger partial charge in [0.1, 0.15) is 5.82 Å². The van der Waals surface area contributed by atoms with E-state index in [-0.39, 0.29) is 23.9 Å². The van der Waals surface area contributed by atoms with Crippen molar-refractivity contribution in [3.05, 3.63) is 59.9 Å². The molecule has 3 rings (SSSR count). The Morgan fingerprint density at radius 3 is 2.67 bits per heavy atom. The fourth-order valence-electron chi connectivity index (χ4n) is 2.99. The second-order valence-electron chi connectivity index (χ2n) is 5.86. The molecule has 2 amide bonds. The van der Waals surface area contributed by atoms with Crippen molar-refractivity contribution in [2.24, 2.45) is 5.92 Å². The third-order valence-corrected chi connectivity index (χ3v) is 4.29. The van der Waals surface area contributed by atoms with Crippen LogP contribution in [0.5, 0.6) is 0 Å². The van der Waals surface area contributed by atoms with E-state index < -0.39 is 11.7 Å². The van der Waals surface area contributed by atoms with E-state index in [9.17, 15) is 14.0 Å². The van der Waals surface area contributed by atoms with Gasteiger partial charge in [0.25, 0.3) is 0 Å². The Morgan fingerprint density at radius 2 is 1.92 bits per heavy atom. The summed E-state index contributed by atoms with van der Waals surface area (Å²) in [4.78, 5) is 26.4. The largest absolute Gasteiger partial charge is 0.323 e. The number of nitrogens with zero attached hydrogens (tertiary/aromatic N) is 1. The maximum Gasteiger partial charge on any atom is 0.229 e. The Balaban J connectivity index is 1.75. The van der Waals surface area contributed by atoms with Crippen molar-refractivity contribution in [3.63, 3.8) is 0 Å². The molecule has 1 heterocycles. The molecule has 24 heavy (non-hydrogen) atoms. The van der Waals surface area contributed by atoms with Gasteiger partial charge < -0.3 is 10.2 Å². The van der Waals surface area contributed by atoms with Crippen LogP contribution in [-0.4, -0.2) is 18.4 Å². The van der Waals surface area contributed by atoms with E-state index in [4.69, 9.17) is 0 Å². The number of hydrogen-bond donors (Lipinski definition) is 1. The zero-order valence-corrected chi connectivity index (χ0v) is 13.5. The molecule has 0 radical (unpaired) electrons. The van der Waals surface area contributed by atoms with Crippen LogP contribution < -0.4 is 10.2 Å². The van der Waals surface area contributed by atoms with E-state index in [0.29, 0.717) is 6.54 Å². The minimum Gasteiger partial charge on any atom is -0.323 e. The molecule has 1 unspecified atom stereocenters. The fraction of sp³-hybridized carbons (Fsp3) is 0.263. The first-order chi connectivity index (χ1) is 11.6. The number of hydrogen-bond acceptors (Lipinski definition) is 2. The van der Waals surface area contributed by atoms with Gasteiger partial charge >= 0.3 is 0 Å². The lowest BCUT2D eigenvalue weighted by Crippen LogP contribution is -2.29. The zero-order valence-electron chi connectivity index (χ0n) is 13.5. The molecule has 1 aliphatic heterocycles. The van der Waals surface area contributed by atoms with Crippen LogP contribution in [0.4, 0.5) is 15.8 Å². The van der Waals surface area contributed by atoms with Crippen LogP contribution in [0.2, 0.25) is 0 Å². The number of anilines is 2. The van der Waals surface area contributed by atoms with Crippen molar-refractivity contribution in [2.45, 2.75) is 19.8 Å². The smallest absolute Gasteiger partial charge is 0.229 e. The quantitative estimate of drug-likeness (QED) is 0.936. The third kappa shape index (κ3) is 3.15. The summed E-state index contributed by atoms with van der Waals surface area (Å²) in [6.07, 6.45) is 0.949. The molecule has 0 aliphatic carbocycles. The number of rotatable bonds is 4. The zero-order chi connectivity index (χ0) is 17.1. The Hall–Kier alpha value is -2.69. The fourth-order valence-corrected chi connectivity index (χ4v) is 2.99. The van der Waals surface area contributed by atoms with Crippen LogP contribution in [-0.2, 0) is 16.0 Å². The first kappa shape index (κ1) is 16.2. The maximum absolute atomic E-state index is 13.7. The number of halogens is 1. The van der Waals surface area contributed by atoms with Crippen molar-refractivity contribution in [2.75, 3.05) is 16.8 Å². The highest BCUT2D eigenvalue weighted by Crippen LogP contribution is 2.29. The number of amides is 2. The van der Waals surface area contributed by atoms with Crippen LogP contribution in [0.1, 0.15) is 18.9 Å². The Morgan fingerprint density at radius 1 is 1.21 bits per heavy atom. The number of carbonyl (C=O) groups is 2. The highest BCUT2D eigenvalue weighted by Gasteiger charge is 2.35. The van der Waals surface area contributed by atoms with Gasteiger partial charge in [0.15, 0.2) is 0 Å². The van der Waals surface area contributed by atoms with E-state index in [1.165, 1.54) is 12.1 Å². The summed E-state index contributed by atoms with van der Waals surface area (Å²) < 4.78 is 13.7. The summed E-state index contributed by atoms with van der Waals surface area (Å²) in [7, 11) is 0. The summed E-state index contributed by atoms with van der Waals surface area (Å²) in [5, 5.41) is 2.58. The second kappa shape index (κ2) is 6.83. The minimum atomic E-state index is -0.484. The second-order valence-corrected chi connectivity index (χ2v) is 5.86. The predicted octanol–water partition coefficient (Wildman–Crippen LogP) is 3.38. The number of para-hydroxylation sites is 2. The van der Waals surface area contributed by atoms with Crippen molar-refractivity contribution >= 4 is 23.2 Å². The number of aryl methyl sites for hydroxylation is 1. The van der Waals surface area contributed by atoms with Gasteiger partial charge in [-0.15, -0.1) is 0 Å². The van der Waals surface area contributed by atoms with E-state index in [1.807, 2.05) is 31.2 Å². The molecule has 2 aromatic rings. The van der Waals surface area contributed by atoms with Crippen molar-refractivity contribution in [3.8, 4) is 0 Å². The number of nitrogens with one attached hydrogen (secondary N) is 1. The van der Waals surface area contributed by atoms with Crippen LogP contribution in [0.25, 0.3) is 0 Å². The van der Waals surface area contributed by atoms with Crippen LogP contribution in [0.15, 0.2) is 48.5 Å². The molecule has 1 N–H and O–H groups in total. The molecule has 1 saturated heterocycles. The standard InChI is InChI=1S/C19H19FN2O2/c1-2-13-7-3-6-10-17(13)22-12-14(11-18(22)23)19(24)21-16-9-5-4-8-15(16)20/h3-10,14H,2,11-12H2,1H3,(H,21,24). The van der Waals surface area contributed by atoms with Crippen LogP contribution in [0, 0.1) is 11.7 Å². The van der Waals surface area contributed by atoms with Crippen molar-refractivity contribution < 1.29 is 14.0 Å². The summed E-state index contributed by atoms with van der Waals surface area (Å²) >= 11 is 0. The van der Waals surface area contributed by atoms with Gasteiger partial charge in [-0.25, -0.2) is 4.39 Å². The first-order valence-corrected chi connectivity index (χ1v) is 8.03. The van der Waals surface area contributed by atoms with E-state index >= 15 is 0 Å².